The highest BCUT2D eigenvalue weighted by molar-refractivity contribution is 5.78. The van der Waals surface area contributed by atoms with Crippen molar-refractivity contribution in [1.82, 2.24) is 40.1 Å². The molecule has 0 spiro atoms. The molecule has 0 aliphatic heterocycles. The molecular weight excluding hydrogens is 376 g/mol. The Hall–Kier alpha value is -3.13. The maximum atomic E-state index is 4.91. The van der Waals surface area contributed by atoms with Crippen LogP contribution in [0.15, 0.2) is 55.1 Å². The summed E-state index contributed by atoms with van der Waals surface area (Å²) in [6.45, 7) is 8.98. The topological polar surface area (TPSA) is 86.3 Å². The first kappa shape index (κ1) is 20.2. The fourth-order valence-corrected chi connectivity index (χ4v) is 3.48. The highest BCUT2D eigenvalue weighted by atomic mass is 15.5. The van der Waals surface area contributed by atoms with E-state index in [4.69, 9.17) is 4.98 Å². The fraction of sp³-hybridized carbons (Fsp3) is 0.409. The van der Waals surface area contributed by atoms with Gasteiger partial charge < -0.3 is 9.88 Å². The summed E-state index contributed by atoms with van der Waals surface area (Å²) in [5, 5.41) is 17.3. The zero-order chi connectivity index (χ0) is 21.0. The van der Waals surface area contributed by atoms with Gasteiger partial charge in [0.1, 0.15) is 6.04 Å². The molecular formula is C22H28N8. The lowest BCUT2D eigenvalue weighted by molar-refractivity contribution is 0.310. The first-order valence-corrected chi connectivity index (χ1v) is 10.3. The van der Waals surface area contributed by atoms with Crippen LogP contribution in [0.25, 0.3) is 10.9 Å². The van der Waals surface area contributed by atoms with Crippen molar-refractivity contribution in [3.63, 3.8) is 0 Å². The molecule has 0 saturated heterocycles. The molecule has 4 aromatic rings. The third-order valence-corrected chi connectivity index (χ3v) is 4.86. The lowest BCUT2D eigenvalue weighted by Gasteiger charge is -2.22. The van der Waals surface area contributed by atoms with E-state index < -0.39 is 0 Å². The molecule has 8 nitrogen and oxygen atoms in total. The van der Waals surface area contributed by atoms with Gasteiger partial charge in [0.05, 0.1) is 17.5 Å². The van der Waals surface area contributed by atoms with Crippen molar-refractivity contribution in [2.45, 2.75) is 46.3 Å². The predicted octanol–water partition coefficient (Wildman–Crippen LogP) is 3.23. The summed E-state index contributed by atoms with van der Waals surface area (Å²) in [7, 11) is 0. The van der Waals surface area contributed by atoms with Crippen LogP contribution in [-0.4, -0.2) is 41.3 Å². The third-order valence-electron chi connectivity index (χ3n) is 4.86. The van der Waals surface area contributed by atoms with Crippen LogP contribution in [0.4, 0.5) is 0 Å². The molecule has 0 amide bonds. The van der Waals surface area contributed by atoms with E-state index in [0.717, 1.165) is 48.5 Å². The van der Waals surface area contributed by atoms with E-state index in [2.05, 4.69) is 69.4 Å². The molecule has 3 aromatic heterocycles. The highest BCUT2D eigenvalue weighted by Crippen LogP contribution is 2.24. The lowest BCUT2D eigenvalue weighted by atomic mass is 9.97. The maximum Gasteiger partial charge on any atom is 0.174 e. The third kappa shape index (κ3) is 4.88. The molecule has 0 fully saturated rings. The molecule has 4 rings (SSSR count). The van der Waals surface area contributed by atoms with Crippen LogP contribution in [-0.2, 0) is 13.1 Å². The van der Waals surface area contributed by atoms with Crippen molar-refractivity contribution < 1.29 is 0 Å². The maximum absolute atomic E-state index is 4.91. The molecule has 1 aromatic carbocycles. The van der Waals surface area contributed by atoms with E-state index in [-0.39, 0.29) is 11.5 Å². The van der Waals surface area contributed by atoms with Crippen LogP contribution in [0.3, 0.4) is 0 Å². The number of nitrogens with zero attached hydrogens (tertiary/aromatic N) is 7. The summed E-state index contributed by atoms with van der Waals surface area (Å²) in [5.41, 5.74) is 1.95. The number of para-hydroxylation sites is 1. The van der Waals surface area contributed by atoms with Crippen molar-refractivity contribution in [3.8, 4) is 0 Å². The molecule has 0 aliphatic carbocycles. The average molecular weight is 405 g/mol. The van der Waals surface area contributed by atoms with Crippen LogP contribution in [0.5, 0.6) is 0 Å². The van der Waals surface area contributed by atoms with Crippen LogP contribution in [0.1, 0.15) is 44.8 Å². The first-order chi connectivity index (χ1) is 14.5. The number of benzene rings is 1. The highest BCUT2D eigenvalue weighted by Gasteiger charge is 2.24. The van der Waals surface area contributed by atoms with Gasteiger partial charge in [-0.1, -0.05) is 45.0 Å². The van der Waals surface area contributed by atoms with Gasteiger partial charge in [-0.2, -0.15) is 0 Å². The lowest BCUT2D eigenvalue weighted by Crippen LogP contribution is -2.29. The number of fused-ring (bicyclic) bond motifs is 1. The molecule has 0 aliphatic rings. The second kappa shape index (κ2) is 8.71. The molecule has 30 heavy (non-hydrogen) atoms. The standard InChI is InChI=1S/C22H28N8/c1-22(2,3)15-30-21(26-27-28-30)20(24-11-6-13-29-14-12-23-16-29)19-10-9-17-7-4-5-8-18(17)25-19/h4-5,7-10,12,14,16,20,24H,6,11,13,15H2,1-3H3. The average Bonchev–Trinajstić information content (AvgIpc) is 3.39. The molecule has 3 heterocycles. The van der Waals surface area contributed by atoms with E-state index in [1.165, 1.54) is 0 Å². The Morgan fingerprint density at radius 3 is 2.77 bits per heavy atom. The Kier molecular flexibility index (Phi) is 5.85. The van der Waals surface area contributed by atoms with Crippen LogP contribution in [0.2, 0.25) is 0 Å². The molecule has 1 atom stereocenters. The molecule has 1 N–H and O–H groups in total. The molecule has 0 radical (unpaired) electrons. The Bertz CT molecular complexity index is 1080. The fourth-order valence-electron chi connectivity index (χ4n) is 3.48. The minimum atomic E-state index is -0.185. The van der Waals surface area contributed by atoms with Gasteiger partial charge in [0.15, 0.2) is 5.82 Å². The van der Waals surface area contributed by atoms with Crippen LogP contribution >= 0.6 is 0 Å². The quantitative estimate of drug-likeness (QED) is 0.454. The second-order valence-electron chi connectivity index (χ2n) is 8.73. The predicted molar refractivity (Wildman–Crippen MR) is 116 cm³/mol. The first-order valence-electron chi connectivity index (χ1n) is 10.3. The number of pyridine rings is 1. The van der Waals surface area contributed by atoms with Gasteiger partial charge in [0.2, 0.25) is 0 Å². The largest absolute Gasteiger partial charge is 0.337 e. The van der Waals surface area contributed by atoms with Gasteiger partial charge in [-0.3, -0.25) is 4.98 Å². The Balaban J connectivity index is 1.59. The second-order valence-corrected chi connectivity index (χ2v) is 8.73. The monoisotopic (exact) mass is 404 g/mol. The molecule has 1 unspecified atom stereocenters. The van der Waals surface area contributed by atoms with Gasteiger partial charge in [0, 0.05) is 30.9 Å². The molecule has 8 heteroatoms. The summed E-state index contributed by atoms with van der Waals surface area (Å²) in [6, 6.07) is 12.1. The van der Waals surface area contributed by atoms with E-state index in [0.29, 0.717) is 0 Å². The van der Waals surface area contributed by atoms with Crippen molar-refractivity contribution >= 4 is 10.9 Å². The van der Waals surface area contributed by atoms with Crippen molar-refractivity contribution in [2.24, 2.45) is 5.41 Å². The van der Waals surface area contributed by atoms with Crippen molar-refractivity contribution in [3.05, 3.63) is 66.6 Å². The molecule has 0 saturated carbocycles. The summed E-state index contributed by atoms with van der Waals surface area (Å²) in [4.78, 5) is 9.01. The Morgan fingerprint density at radius 1 is 1.10 bits per heavy atom. The summed E-state index contributed by atoms with van der Waals surface area (Å²) >= 11 is 0. The Labute approximate surface area is 176 Å². The van der Waals surface area contributed by atoms with E-state index in [1.54, 1.807) is 6.20 Å². The Morgan fingerprint density at radius 2 is 1.97 bits per heavy atom. The molecule has 0 bridgehead atoms. The number of hydrogen-bond acceptors (Lipinski definition) is 6. The van der Waals surface area contributed by atoms with Crippen LogP contribution < -0.4 is 5.32 Å². The summed E-state index contributed by atoms with van der Waals surface area (Å²) in [5.74, 6) is 0.787. The number of tetrazole rings is 1. The number of imidazole rings is 1. The van der Waals surface area contributed by atoms with Gasteiger partial charge in [-0.25, -0.2) is 9.67 Å². The number of aryl methyl sites for hydroxylation is 1. The van der Waals surface area contributed by atoms with E-state index in [1.807, 2.05) is 35.4 Å². The number of rotatable bonds is 8. The minimum absolute atomic E-state index is 0.0624. The van der Waals surface area contributed by atoms with Gasteiger partial charge >= 0.3 is 0 Å². The zero-order valence-electron chi connectivity index (χ0n) is 17.7. The minimum Gasteiger partial charge on any atom is -0.337 e. The van der Waals surface area contributed by atoms with Gasteiger partial charge in [-0.15, -0.1) is 5.10 Å². The SMILES string of the molecule is CC(C)(C)Cn1nnnc1C(NCCCn1ccnc1)c1ccc2ccccc2n1. The van der Waals surface area contributed by atoms with Gasteiger partial charge in [-0.05, 0) is 40.9 Å². The van der Waals surface area contributed by atoms with Crippen molar-refractivity contribution in [1.29, 1.82) is 0 Å². The van der Waals surface area contributed by atoms with E-state index >= 15 is 0 Å². The number of aromatic nitrogens is 7. The zero-order valence-corrected chi connectivity index (χ0v) is 17.7. The summed E-state index contributed by atoms with van der Waals surface area (Å²) < 4.78 is 3.97. The van der Waals surface area contributed by atoms with Gasteiger partial charge in [0.25, 0.3) is 0 Å². The van der Waals surface area contributed by atoms with Crippen LogP contribution in [0, 0.1) is 5.41 Å². The number of nitrogens with one attached hydrogen (secondary N) is 1. The molecule has 156 valence electrons. The van der Waals surface area contributed by atoms with E-state index in [9.17, 15) is 0 Å². The normalized spacial score (nSPS) is 13.0. The number of hydrogen-bond donors (Lipinski definition) is 1. The smallest absolute Gasteiger partial charge is 0.174 e. The van der Waals surface area contributed by atoms with Crippen molar-refractivity contribution in [2.75, 3.05) is 6.54 Å². The summed E-state index contributed by atoms with van der Waals surface area (Å²) in [6.07, 6.45) is 6.58.